The predicted molar refractivity (Wildman–Crippen MR) is 169 cm³/mol. The Morgan fingerprint density at radius 3 is 2.73 bits per heavy atom. The Kier molecular flexibility index (Phi) is 8.40. The van der Waals surface area contributed by atoms with Crippen LogP contribution in [0.1, 0.15) is 38.8 Å². The maximum atomic E-state index is 12.8. The van der Waals surface area contributed by atoms with E-state index in [1.807, 2.05) is 55.9 Å². The van der Waals surface area contributed by atoms with Gasteiger partial charge in [-0.15, -0.1) is 0 Å². The number of likely N-dealkylation sites (tertiary alicyclic amines) is 1. The van der Waals surface area contributed by atoms with Crippen LogP contribution in [0.5, 0.6) is 0 Å². The first-order valence-corrected chi connectivity index (χ1v) is 18.6. The van der Waals surface area contributed by atoms with E-state index >= 15 is 0 Å². The van der Waals surface area contributed by atoms with Gasteiger partial charge in [0.25, 0.3) is 0 Å². The first-order chi connectivity index (χ1) is 19.4. The lowest BCUT2D eigenvalue weighted by Crippen LogP contribution is -2.35. The van der Waals surface area contributed by atoms with E-state index in [1.165, 1.54) is 0 Å². The van der Waals surface area contributed by atoms with Crippen molar-refractivity contribution in [2.24, 2.45) is 0 Å². The van der Waals surface area contributed by atoms with E-state index < -0.39 is 13.7 Å². The molecule has 3 aromatic heterocycles. The van der Waals surface area contributed by atoms with Gasteiger partial charge < -0.3 is 19.7 Å². The highest BCUT2D eigenvalue weighted by molar-refractivity contribution is 9.10. The third-order valence-electron chi connectivity index (χ3n) is 7.08. The molecule has 4 heterocycles. The number of aromatic nitrogens is 4. The van der Waals surface area contributed by atoms with Crippen LogP contribution in [-0.2, 0) is 9.47 Å². The number of hydrogen-bond acceptors (Lipinski definition) is 7. The van der Waals surface area contributed by atoms with Crippen molar-refractivity contribution in [3.63, 3.8) is 0 Å². The third-order valence-corrected chi connectivity index (χ3v) is 9.57. The lowest BCUT2D eigenvalue weighted by molar-refractivity contribution is 0.0292. The van der Waals surface area contributed by atoms with Crippen molar-refractivity contribution in [1.29, 1.82) is 0 Å². The van der Waals surface area contributed by atoms with Crippen LogP contribution in [0, 0.1) is 0 Å². The van der Waals surface area contributed by atoms with E-state index in [0.717, 1.165) is 56.1 Å². The molecule has 11 heteroatoms. The molecule has 9 nitrogen and oxygen atoms in total. The highest BCUT2D eigenvalue weighted by Crippen LogP contribution is 2.38. The van der Waals surface area contributed by atoms with Crippen LogP contribution in [0.3, 0.4) is 0 Å². The summed E-state index contributed by atoms with van der Waals surface area (Å²) in [5, 5.41) is 9.23. The van der Waals surface area contributed by atoms with Crippen LogP contribution in [0.15, 0.2) is 47.2 Å². The second kappa shape index (κ2) is 11.7. The van der Waals surface area contributed by atoms with E-state index in [4.69, 9.17) is 19.6 Å². The Hall–Kier alpha value is -3.02. The first-order valence-electron chi connectivity index (χ1n) is 14.1. The van der Waals surface area contributed by atoms with Gasteiger partial charge in [-0.2, -0.15) is 9.61 Å². The fourth-order valence-electron chi connectivity index (χ4n) is 4.88. The second-order valence-electron chi connectivity index (χ2n) is 12.8. The Labute approximate surface area is 250 Å². The maximum Gasteiger partial charge on any atom is 0.410 e. The number of hydrogen-bond donors (Lipinski definition) is 1. The number of carbonyl (C=O) groups excluding carboxylic acids is 1. The number of nitrogens with zero attached hydrogens (tertiary/aromatic N) is 5. The van der Waals surface area contributed by atoms with Crippen LogP contribution >= 0.6 is 15.9 Å². The zero-order valence-corrected chi connectivity index (χ0v) is 27.3. The summed E-state index contributed by atoms with van der Waals surface area (Å²) in [6, 6.07) is 11.3. The van der Waals surface area contributed by atoms with Crippen molar-refractivity contribution in [2.75, 3.05) is 31.7 Å². The molecule has 1 saturated heterocycles. The minimum absolute atomic E-state index is 0.0349. The fraction of sp³-hybridized carbons (Fsp3) is 0.467. The van der Waals surface area contributed by atoms with Gasteiger partial charge in [-0.05, 0) is 61.3 Å². The van der Waals surface area contributed by atoms with Crippen LogP contribution in [-0.4, -0.2) is 70.7 Å². The van der Waals surface area contributed by atoms with Crippen molar-refractivity contribution < 1.29 is 14.3 Å². The summed E-state index contributed by atoms with van der Waals surface area (Å²) in [4.78, 5) is 24.4. The number of ether oxygens (including phenoxy) is 2. The van der Waals surface area contributed by atoms with Gasteiger partial charge in [0.2, 0.25) is 0 Å². The smallest absolute Gasteiger partial charge is 0.410 e. The molecule has 0 spiro atoms. The monoisotopic (exact) mass is 638 g/mol. The Morgan fingerprint density at radius 1 is 1.20 bits per heavy atom. The molecule has 1 unspecified atom stereocenters. The zero-order chi connectivity index (χ0) is 29.4. The summed E-state index contributed by atoms with van der Waals surface area (Å²) in [5.74, 6) is 0.807. The van der Waals surface area contributed by atoms with Crippen molar-refractivity contribution in [3.8, 4) is 11.1 Å². The number of amides is 1. The van der Waals surface area contributed by atoms with Gasteiger partial charge in [0.1, 0.15) is 18.1 Å². The van der Waals surface area contributed by atoms with E-state index in [1.54, 1.807) is 4.90 Å². The second-order valence-corrected chi connectivity index (χ2v) is 19.2. The van der Waals surface area contributed by atoms with Crippen molar-refractivity contribution in [3.05, 3.63) is 52.9 Å². The molecular weight excluding hydrogens is 600 g/mol. The Balaban J connectivity index is 1.49. The molecule has 218 valence electrons. The molecule has 0 aliphatic carbocycles. The van der Waals surface area contributed by atoms with E-state index in [-0.39, 0.29) is 12.0 Å². The highest BCUT2D eigenvalue weighted by atomic mass is 79.9. The molecule has 4 aromatic rings. The van der Waals surface area contributed by atoms with E-state index in [2.05, 4.69) is 58.0 Å². The van der Waals surface area contributed by atoms with Crippen LogP contribution in [0.4, 0.5) is 10.6 Å². The molecule has 0 bridgehead atoms. The number of pyridine rings is 1. The standard InChI is InChI=1S/C30H39BrN6O3Si/c1-30(2,3)40-29(38)36-12-11-21(18-36)26-25(31)28(33-19-39-13-14-41(4,5)6)37-27(35-26)23(17-34-37)22-15-20-9-7-8-10-24(20)32-16-22/h7-10,15-17,21,33H,11-14,18-19H2,1-6H3. The molecule has 1 N–H and O–H groups in total. The van der Waals surface area contributed by atoms with Gasteiger partial charge in [-0.1, -0.05) is 37.8 Å². The molecule has 0 saturated carbocycles. The first kappa shape index (κ1) is 29.5. The van der Waals surface area contributed by atoms with Crippen molar-refractivity contribution >= 4 is 52.5 Å². The van der Waals surface area contributed by atoms with Crippen molar-refractivity contribution in [1.82, 2.24) is 24.5 Å². The molecule has 1 aliphatic heterocycles. The predicted octanol–water partition coefficient (Wildman–Crippen LogP) is 7.16. The maximum absolute atomic E-state index is 12.8. The van der Waals surface area contributed by atoms with E-state index in [9.17, 15) is 4.79 Å². The molecule has 5 rings (SSSR count). The lowest BCUT2D eigenvalue weighted by Gasteiger charge is -2.24. The Morgan fingerprint density at radius 2 is 1.98 bits per heavy atom. The fourth-order valence-corrected chi connectivity index (χ4v) is 6.36. The molecular formula is C30H39BrN6O3Si. The van der Waals surface area contributed by atoms with Crippen molar-refractivity contribution in [2.45, 2.75) is 64.4 Å². The summed E-state index contributed by atoms with van der Waals surface area (Å²) in [6.07, 6.45) is 4.20. The largest absolute Gasteiger partial charge is 0.444 e. The molecule has 1 amide bonds. The molecule has 41 heavy (non-hydrogen) atoms. The number of carbonyl (C=O) groups is 1. The average molecular weight is 640 g/mol. The molecule has 1 fully saturated rings. The average Bonchev–Trinajstić information content (AvgIpc) is 3.55. The topological polar surface area (TPSA) is 93.9 Å². The summed E-state index contributed by atoms with van der Waals surface area (Å²) >= 11 is 3.84. The summed E-state index contributed by atoms with van der Waals surface area (Å²) in [6.45, 7) is 14.9. The minimum Gasteiger partial charge on any atom is -0.444 e. The van der Waals surface area contributed by atoms with E-state index in [0.29, 0.717) is 26.4 Å². The van der Waals surface area contributed by atoms with Gasteiger partial charge in [-0.3, -0.25) is 4.98 Å². The SMILES string of the molecule is CC(C)(C)OC(=O)N1CCC(c2nc3c(-c4cnc5ccccc5c4)cnn3c(NCOCC[Si](C)(C)C)c2Br)C1. The van der Waals surface area contributed by atoms with Crippen LogP contribution in [0.25, 0.3) is 27.7 Å². The Bertz CT molecular complexity index is 1560. The number of rotatable bonds is 8. The summed E-state index contributed by atoms with van der Waals surface area (Å²) in [5.41, 5.74) is 3.83. The van der Waals surface area contributed by atoms with Gasteiger partial charge >= 0.3 is 6.09 Å². The number of anilines is 1. The summed E-state index contributed by atoms with van der Waals surface area (Å²) < 4.78 is 14.3. The quantitative estimate of drug-likeness (QED) is 0.124. The third kappa shape index (κ3) is 6.90. The molecule has 0 radical (unpaired) electrons. The van der Waals surface area contributed by atoms with Gasteiger partial charge in [0.15, 0.2) is 5.65 Å². The number of halogens is 1. The van der Waals surface area contributed by atoms with Crippen LogP contribution < -0.4 is 5.32 Å². The lowest BCUT2D eigenvalue weighted by atomic mass is 10.0. The summed E-state index contributed by atoms with van der Waals surface area (Å²) in [7, 11) is -1.19. The molecule has 1 atom stereocenters. The van der Waals surface area contributed by atoms with Gasteiger partial charge in [0, 0.05) is 56.4 Å². The zero-order valence-electron chi connectivity index (χ0n) is 24.7. The molecule has 1 aliphatic rings. The number of benzene rings is 1. The normalized spacial score (nSPS) is 16.1. The molecule has 1 aromatic carbocycles. The van der Waals surface area contributed by atoms with Gasteiger partial charge in [0.05, 0.1) is 21.9 Å². The highest BCUT2D eigenvalue weighted by Gasteiger charge is 2.33. The number of para-hydroxylation sites is 1. The van der Waals surface area contributed by atoms with Crippen LogP contribution in [0.2, 0.25) is 25.7 Å². The number of nitrogens with one attached hydrogen (secondary N) is 1. The van der Waals surface area contributed by atoms with Gasteiger partial charge in [-0.25, -0.2) is 9.78 Å². The minimum atomic E-state index is -1.19. The number of fused-ring (bicyclic) bond motifs is 2.